The minimum absolute atomic E-state index is 0.113. The van der Waals surface area contributed by atoms with E-state index in [0.717, 1.165) is 30.1 Å². The lowest BCUT2D eigenvalue weighted by Gasteiger charge is -2.10. The molecule has 0 spiro atoms. The maximum absolute atomic E-state index is 12.7. The lowest BCUT2D eigenvalue weighted by atomic mass is 10.1. The highest BCUT2D eigenvalue weighted by atomic mass is 19.4. The standard InChI is InChI=1S/C23H18F3N5O2/c1-14-28-20(31-12-11-27-15(31)2)13-21(29-14)33-19-9-7-18(8-10-19)30-22(32)16-3-5-17(6-4-16)23(24,25)26/h3-13H,1-2H3,(H,30,32). The van der Waals surface area contributed by atoms with Crippen LogP contribution in [0.2, 0.25) is 0 Å². The second-order valence-corrected chi connectivity index (χ2v) is 7.11. The van der Waals surface area contributed by atoms with Crippen molar-refractivity contribution in [2.24, 2.45) is 0 Å². The molecule has 33 heavy (non-hydrogen) atoms. The van der Waals surface area contributed by atoms with Crippen LogP contribution in [-0.4, -0.2) is 25.4 Å². The molecule has 168 valence electrons. The monoisotopic (exact) mass is 453 g/mol. The van der Waals surface area contributed by atoms with Gasteiger partial charge in [0.25, 0.3) is 5.91 Å². The van der Waals surface area contributed by atoms with Crippen molar-refractivity contribution in [2.45, 2.75) is 20.0 Å². The van der Waals surface area contributed by atoms with Gasteiger partial charge in [0.1, 0.15) is 23.2 Å². The normalized spacial score (nSPS) is 11.3. The maximum Gasteiger partial charge on any atom is 0.416 e. The Balaban J connectivity index is 1.44. The third-order valence-electron chi connectivity index (χ3n) is 4.68. The fourth-order valence-electron chi connectivity index (χ4n) is 3.06. The molecule has 1 amide bonds. The minimum atomic E-state index is -4.45. The highest BCUT2D eigenvalue weighted by Gasteiger charge is 2.30. The number of carbonyl (C=O) groups is 1. The van der Waals surface area contributed by atoms with E-state index in [2.05, 4.69) is 20.3 Å². The van der Waals surface area contributed by atoms with Crippen LogP contribution < -0.4 is 10.1 Å². The molecule has 0 aliphatic rings. The van der Waals surface area contributed by atoms with E-state index in [1.165, 1.54) is 0 Å². The molecule has 0 saturated heterocycles. The van der Waals surface area contributed by atoms with Crippen LogP contribution in [0.1, 0.15) is 27.6 Å². The molecule has 0 saturated carbocycles. The van der Waals surface area contributed by atoms with E-state index in [0.29, 0.717) is 29.0 Å². The molecule has 4 rings (SSSR count). The number of anilines is 1. The third-order valence-corrected chi connectivity index (χ3v) is 4.68. The Morgan fingerprint density at radius 2 is 1.70 bits per heavy atom. The summed E-state index contributed by atoms with van der Waals surface area (Å²) < 4.78 is 45.6. The Morgan fingerprint density at radius 1 is 1.00 bits per heavy atom. The van der Waals surface area contributed by atoms with E-state index in [1.54, 1.807) is 54.2 Å². The number of hydrogen-bond donors (Lipinski definition) is 1. The lowest BCUT2D eigenvalue weighted by molar-refractivity contribution is -0.137. The number of imidazole rings is 1. The lowest BCUT2D eigenvalue weighted by Crippen LogP contribution is -2.12. The fourth-order valence-corrected chi connectivity index (χ4v) is 3.06. The van der Waals surface area contributed by atoms with Gasteiger partial charge in [0, 0.05) is 29.7 Å². The molecule has 0 fully saturated rings. The summed E-state index contributed by atoms with van der Waals surface area (Å²) in [7, 11) is 0. The predicted octanol–water partition coefficient (Wildman–Crippen LogP) is 5.34. The number of alkyl halides is 3. The van der Waals surface area contributed by atoms with Crippen molar-refractivity contribution < 1.29 is 22.7 Å². The topological polar surface area (TPSA) is 81.9 Å². The van der Waals surface area contributed by atoms with Crippen LogP contribution in [0.25, 0.3) is 5.82 Å². The Hall–Kier alpha value is -4.21. The SMILES string of the molecule is Cc1nc(Oc2ccc(NC(=O)c3ccc(C(F)(F)F)cc3)cc2)cc(-n2ccnc2C)n1. The van der Waals surface area contributed by atoms with Crippen molar-refractivity contribution in [2.75, 3.05) is 5.32 Å². The van der Waals surface area contributed by atoms with Gasteiger partial charge in [-0.15, -0.1) is 0 Å². The Kier molecular flexibility index (Phi) is 5.82. The van der Waals surface area contributed by atoms with Crippen LogP contribution in [0, 0.1) is 13.8 Å². The summed E-state index contributed by atoms with van der Waals surface area (Å²) in [5.41, 5.74) is -0.241. The van der Waals surface area contributed by atoms with Crippen molar-refractivity contribution in [3.63, 3.8) is 0 Å². The molecule has 0 bridgehead atoms. The van der Waals surface area contributed by atoms with Gasteiger partial charge in [-0.25, -0.2) is 9.97 Å². The number of halogens is 3. The average Bonchev–Trinajstić information content (AvgIpc) is 3.20. The van der Waals surface area contributed by atoms with Crippen molar-refractivity contribution in [3.8, 4) is 17.4 Å². The molecule has 0 atom stereocenters. The zero-order valence-electron chi connectivity index (χ0n) is 17.6. The number of carbonyl (C=O) groups excluding carboxylic acids is 1. The van der Waals surface area contributed by atoms with Crippen molar-refractivity contribution >= 4 is 11.6 Å². The van der Waals surface area contributed by atoms with Crippen LogP contribution in [0.4, 0.5) is 18.9 Å². The number of aromatic nitrogens is 4. The number of amides is 1. The van der Waals surface area contributed by atoms with Gasteiger partial charge in [0.2, 0.25) is 5.88 Å². The molecule has 7 nitrogen and oxygen atoms in total. The molecule has 0 unspecified atom stereocenters. The zero-order valence-corrected chi connectivity index (χ0v) is 17.6. The fraction of sp³-hybridized carbons (Fsp3) is 0.130. The maximum atomic E-state index is 12.7. The van der Waals surface area contributed by atoms with Crippen LogP contribution >= 0.6 is 0 Å². The molecule has 0 aliphatic heterocycles. The largest absolute Gasteiger partial charge is 0.439 e. The summed E-state index contributed by atoms with van der Waals surface area (Å²) >= 11 is 0. The molecular weight excluding hydrogens is 435 g/mol. The quantitative estimate of drug-likeness (QED) is 0.441. The van der Waals surface area contributed by atoms with E-state index in [-0.39, 0.29) is 5.56 Å². The molecule has 2 aromatic carbocycles. The van der Waals surface area contributed by atoms with Gasteiger partial charge in [0.15, 0.2) is 0 Å². The summed E-state index contributed by atoms with van der Waals surface area (Å²) in [6.45, 7) is 3.61. The van der Waals surface area contributed by atoms with Gasteiger partial charge in [0.05, 0.1) is 5.56 Å². The molecule has 2 aromatic heterocycles. The van der Waals surface area contributed by atoms with Gasteiger partial charge in [-0.05, 0) is 62.4 Å². The number of nitrogens with zero attached hydrogens (tertiary/aromatic N) is 4. The molecule has 0 aliphatic carbocycles. The second kappa shape index (κ2) is 8.73. The summed E-state index contributed by atoms with van der Waals surface area (Å²) in [6.07, 6.45) is -0.995. The molecular formula is C23H18F3N5O2. The number of rotatable bonds is 5. The molecule has 0 radical (unpaired) electrons. The molecule has 4 aromatic rings. The van der Waals surface area contributed by atoms with E-state index in [4.69, 9.17) is 4.74 Å². The van der Waals surface area contributed by atoms with Crippen LogP contribution in [0.3, 0.4) is 0 Å². The van der Waals surface area contributed by atoms with E-state index in [9.17, 15) is 18.0 Å². The number of aryl methyl sites for hydroxylation is 2. The summed E-state index contributed by atoms with van der Waals surface area (Å²) in [5, 5.41) is 2.64. The van der Waals surface area contributed by atoms with Gasteiger partial charge in [-0.1, -0.05) is 0 Å². The zero-order chi connectivity index (χ0) is 23.6. The Bertz CT molecular complexity index is 1280. The van der Waals surface area contributed by atoms with Crippen molar-refractivity contribution in [3.05, 3.63) is 89.8 Å². The minimum Gasteiger partial charge on any atom is -0.439 e. The number of hydrogen-bond acceptors (Lipinski definition) is 5. The summed E-state index contributed by atoms with van der Waals surface area (Å²) in [6, 6.07) is 12.2. The average molecular weight is 453 g/mol. The first-order valence-electron chi connectivity index (χ1n) is 9.81. The Labute approximate surface area is 186 Å². The Morgan fingerprint density at radius 3 is 2.30 bits per heavy atom. The summed E-state index contributed by atoms with van der Waals surface area (Å²) in [4.78, 5) is 25.2. The predicted molar refractivity (Wildman–Crippen MR) is 115 cm³/mol. The second-order valence-electron chi connectivity index (χ2n) is 7.11. The first-order valence-corrected chi connectivity index (χ1v) is 9.81. The van der Waals surface area contributed by atoms with Crippen molar-refractivity contribution in [1.82, 2.24) is 19.5 Å². The van der Waals surface area contributed by atoms with Gasteiger partial charge in [-0.2, -0.15) is 18.2 Å². The molecule has 1 N–H and O–H groups in total. The van der Waals surface area contributed by atoms with Crippen LogP contribution in [0.15, 0.2) is 67.0 Å². The number of benzene rings is 2. The van der Waals surface area contributed by atoms with Crippen LogP contribution in [0.5, 0.6) is 11.6 Å². The highest BCUT2D eigenvalue weighted by Crippen LogP contribution is 2.29. The molecule has 2 heterocycles. The van der Waals surface area contributed by atoms with Gasteiger partial charge < -0.3 is 10.1 Å². The van der Waals surface area contributed by atoms with E-state index < -0.39 is 17.6 Å². The first-order chi connectivity index (χ1) is 15.7. The van der Waals surface area contributed by atoms with Crippen LogP contribution in [-0.2, 0) is 6.18 Å². The first kappa shape index (κ1) is 22.0. The third kappa shape index (κ3) is 5.17. The van der Waals surface area contributed by atoms with E-state index >= 15 is 0 Å². The van der Waals surface area contributed by atoms with Gasteiger partial charge in [-0.3, -0.25) is 9.36 Å². The smallest absolute Gasteiger partial charge is 0.416 e. The summed E-state index contributed by atoms with van der Waals surface area (Å²) in [5.74, 6) is 2.21. The number of nitrogens with one attached hydrogen (secondary N) is 1. The highest BCUT2D eigenvalue weighted by molar-refractivity contribution is 6.04. The van der Waals surface area contributed by atoms with E-state index in [1.807, 2.05) is 6.92 Å². The van der Waals surface area contributed by atoms with Crippen molar-refractivity contribution in [1.29, 1.82) is 0 Å². The molecule has 10 heteroatoms. The van der Waals surface area contributed by atoms with Gasteiger partial charge >= 0.3 is 6.18 Å². The number of ether oxygens (including phenoxy) is 1.